The van der Waals surface area contributed by atoms with Gasteiger partial charge in [0.1, 0.15) is 11.5 Å². The van der Waals surface area contributed by atoms with Crippen LogP contribution in [0.1, 0.15) is 11.1 Å². The second-order valence-corrected chi connectivity index (χ2v) is 6.32. The molecular formula is C22H18O2. The largest absolute Gasteiger partial charge is 0.507 e. The average Bonchev–Trinajstić information content (AvgIpc) is 2.57. The van der Waals surface area contributed by atoms with E-state index >= 15 is 0 Å². The normalized spacial score (nSPS) is 11.2. The molecule has 2 nitrogen and oxygen atoms in total. The molecule has 4 rings (SSSR count). The third-order valence-electron chi connectivity index (χ3n) is 4.62. The highest BCUT2D eigenvalue weighted by atomic mass is 16.3. The van der Waals surface area contributed by atoms with Crippen LogP contribution in [0.2, 0.25) is 0 Å². The fourth-order valence-corrected chi connectivity index (χ4v) is 3.43. The van der Waals surface area contributed by atoms with Crippen LogP contribution < -0.4 is 0 Å². The van der Waals surface area contributed by atoms with E-state index in [0.717, 1.165) is 27.1 Å². The number of aromatic hydroxyl groups is 2. The van der Waals surface area contributed by atoms with Crippen LogP contribution in [0.4, 0.5) is 0 Å². The average molecular weight is 314 g/mol. The fourth-order valence-electron chi connectivity index (χ4n) is 3.43. The first kappa shape index (κ1) is 14.6. The Kier molecular flexibility index (Phi) is 3.20. The molecule has 0 heterocycles. The number of rotatable bonds is 1. The molecule has 4 aromatic carbocycles. The van der Waals surface area contributed by atoms with Gasteiger partial charge in [0.15, 0.2) is 0 Å². The molecule has 0 aliphatic carbocycles. The van der Waals surface area contributed by atoms with Gasteiger partial charge in [0.25, 0.3) is 0 Å². The minimum absolute atomic E-state index is 0.177. The minimum Gasteiger partial charge on any atom is -0.507 e. The van der Waals surface area contributed by atoms with Crippen molar-refractivity contribution in [3.05, 3.63) is 71.8 Å². The van der Waals surface area contributed by atoms with Gasteiger partial charge in [-0.2, -0.15) is 0 Å². The van der Waals surface area contributed by atoms with Crippen LogP contribution in [0.3, 0.4) is 0 Å². The molecule has 0 saturated carbocycles. The van der Waals surface area contributed by atoms with Crippen molar-refractivity contribution in [3.63, 3.8) is 0 Å². The Bertz CT molecular complexity index is 1090. The molecule has 0 saturated heterocycles. The molecule has 2 N–H and O–H groups in total. The Morgan fingerprint density at radius 2 is 1.42 bits per heavy atom. The van der Waals surface area contributed by atoms with E-state index < -0.39 is 0 Å². The van der Waals surface area contributed by atoms with E-state index in [9.17, 15) is 10.2 Å². The van der Waals surface area contributed by atoms with E-state index in [1.165, 1.54) is 5.56 Å². The van der Waals surface area contributed by atoms with Crippen molar-refractivity contribution in [2.75, 3.05) is 0 Å². The summed E-state index contributed by atoms with van der Waals surface area (Å²) in [4.78, 5) is 0. The summed E-state index contributed by atoms with van der Waals surface area (Å²) in [5.74, 6) is 0.398. The van der Waals surface area contributed by atoms with Gasteiger partial charge in [-0.15, -0.1) is 0 Å². The molecule has 4 aromatic rings. The quantitative estimate of drug-likeness (QED) is 0.474. The Labute approximate surface area is 140 Å². The van der Waals surface area contributed by atoms with Gasteiger partial charge in [-0.3, -0.25) is 0 Å². The standard InChI is InChI=1S/C22H18O2/c1-13-7-9-18-16(11-13)12-14(2)22(24)21(18)20-17-6-4-3-5-15(17)8-10-19(20)23/h3-12,23-24H,1-2H3. The lowest BCUT2D eigenvalue weighted by molar-refractivity contribution is 0.468. The molecule has 0 unspecified atom stereocenters. The molecule has 0 amide bonds. The van der Waals surface area contributed by atoms with Gasteiger partial charge in [-0.1, -0.05) is 54.1 Å². The highest BCUT2D eigenvalue weighted by Crippen LogP contribution is 2.45. The van der Waals surface area contributed by atoms with Crippen molar-refractivity contribution in [1.29, 1.82) is 0 Å². The van der Waals surface area contributed by atoms with Gasteiger partial charge in [-0.05, 0) is 53.1 Å². The van der Waals surface area contributed by atoms with Crippen LogP contribution in [0.5, 0.6) is 11.5 Å². The van der Waals surface area contributed by atoms with Gasteiger partial charge in [0.05, 0.1) is 0 Å². The number of hydrogen-bond acceptors (Lipinski definition) is 2. The topological polar surface area (TPSA) is 40.5 Å². The summed E-state index contributed by atoms with van der Waals surface area (Å²) in [5.41, 5.74) is 3.35. The Morgan fingerprint density at radius 1 is 0.667 bits per heavy atom. The van der Waals surface area contributed by atoms with Crippen molar-refractivity contribution >= 4 is 21.5 Å². The molecule has 0 spiro atoms. The van der Waals surface area contributed by atoms with Gasteiger partial charge in [-0.25, -0.2) is 0 Å². The lowest BCUT2D eigenvalue weighted by Gasteiger charge is -2.16. The first-order valence-electron chi connectivity index (χ1n) is 8.00. The maximum Gasteiger partial charge on any atom is 0.127 e. The van der Waals surface area contributed by atoms with E-state index in [-0.39, 0.29) is 11.5 Å². The number of hydrogen-bond donors (Lipinski definition) is 2. The lowest BCUT2D eigenvalue weighted by Crippen LogP contribution is -1.89. The number of fused-ring (bicyclic) bond motifs is 2. The van der Waals surface area contributed by atoms with Crippen LogP contribution in [0.25, 0.3) is 32.7 Å². The Hall–Kier alpha value is -3.00. The summed E-state index contributed by atoms with van der Waals surface area (Å²) < 4.78 is 0. The van der Waals surface area contributed by atoms with Crippen molar-refractivity contribution in [2.24, 2.45) is 0 Å². The van der Waals surface area contributed by atoms with Crippen molar-refractivity contribution < 1.29 is 10.2 Å². The third-order valence-corrected chi connectivity index (χ3v) is 4.62. The van der Waals surface area contributed by atoms with Crippen LogP contribution in [0.15, 0.2) is 60.7 Å². The summed E-state index contributed by atoms with van der Waals surface area (Å²) in [6, 6.07) is 19.6. The van der Waals surface area contributed by atoms with Crippen LogP contribution >= 0.6 is 0 Å². The fraction of sp³-hybridized carbons (Fsp3) is 0.0909. The monoisotopic (exact) mass is 314 g/mol. The van der Waals surface area contributed by atoms with Crippen LogP contribution in [-0.4, -0.2) is 10.2 Å². The summed E-state index contributed by atoms with van der Waals surface area (Å²) in [7, 11) is 0. The zero-order valence-corrected chi connectivity index (χ0v) is 13.7. The number of benzene rings is 4. The van der Waals surface area contributed by atoms with E-state index in [1.807, 2.05) is 55.5 Å². The number of phenolic OH excluding ortho intramolecular Hbond substituents is 2. The van der Waals surface area contributed by atoms with Gasteiger partial charge in [0.2, 0.25) is 0 Å². The smallest absolute Gasteiger partial charge is 0.127 e. The van der Waals surface area contributed by atoms with Gasteiger partial charge < -0.3 is 10.2 Å². The second kappa shape index (κ2) is 5.27. The van der Waals surface area contributed by atoms with Crippen LogP contribution in [0, 0.1) is 13.8 Å². The molecule has 2 heteroatoms. The number of aryl methyl sites for hydroxylation is 2. The van der Waals surface area contributed by atoms with Crippen molar-refractivity contribution in [1.82, 2.24) is 0 Å². The van der Waals surface area contributed by atoms with E-state index in [0.29, 0.717) is 11.1 Å². The molecule has 24 heavy (non-hydrogen) atoms. The summed E-state index contributed by atoms with van der Waals surface area (Å²) in [6.45, 7) is 3.94. The maximum absolute atomic E-state index is 10.8. The van der Waals surface area contributed by atoms with Gasteiger partial charge >= 0.3 is 0 Å². The minimum atomic E-state index is 0.177. The highest BCUT2D eigenvalue weighted by Gasteiger charge is 2.18. The van der Waals surface area contributed by atoms with Crippen LogP contribution in [-0.2, 0) is 0 Å². The molecule has 0 fully saturated rings. The highest BCUT2D eigenvalue weighted by molar-refractivity contribution is 6.10. The Balaban J connectivity index is 2.22. The molecule has 0 aliphatic heterocycles. The van der Waals surface area contributed by atoms with E-state index in [2.05, 4.69) is 13.0 Å². The zero-order valence-electron chi connectivity index (χ0n) is 13.7. The lowest BCUT2D eigenvalue weighted by atomic mass is 9.90. The third kappa shape index (κ3) is 2.11. The molecule has 118 valence electrons. The SMILES string of the molecule is Cc1ccc2c(-c3c(O)ccc4ccccc34)c(O)c(C)cc2c1. The second-order valence-electron chi connectivity index (χ2n) is 6.32. The molecule has 0 aromatic heterocycles. The molecule has 0 bridgehead atoms. The summed E-state index contributed by atoms with van der Waals surface area (Å²) >= 11 is 0. The Morgan fingerprint density at radius 3 is 2.25 bits per heavy atom. The van der Waals surface area contributed by atoms with E-state index in [4.69, 9.17) is 0 Å². The van der Waals surface area contributed by atoms with Gasteiger partial charge in [0, 0.05) is 11.1 Å². The summed E-state index contributed by atoms with van der Waals surface area (Å²) in [5, 5.41) is 25.3. The molecule has 0 atom stereocenters. The molecule has 0 radical (unpaired) electrons. The number of phenols is 2. The zero-order chi connectivity index (χ0) is 16.8. The maximum atomic E-state index is 10.8. The molecular weight excluding hydrogens is 296 g/mol. The van der Waals surface area contributed by atoms with E-state index in [1.54, 1.807) is 6.07 Å². The van der Waals surface area contributed by atoms with Crippen molar-refractivity contribution in [3.8, 4) is 22.6 Å². The summed E-state index contributed by atoms with van der Waals surface area (Å²) in [6.07, 6.45) is 0. The first-order valence-corrected chi connectivity index (χ1v) is 8.00. The predicted molar refractivity (Wildman–Crippen MR) is 99.7 cm³/mol. The molecule has 0 aliphatic rings. The predicted octanol–water partition coefficient (Wildman–Crippen LogP) is 5.69. The van der Waals surface area contributed by atoms with Crippen molar-refractivity contribution in [2.45, 2.75) is 13.8 Å². The first-order chi connectivity index (χ1) is 11.6.